The summed E-state index contributed by atoms with van der Waals surface area (Å²) < 4.78 is 0. The first-order chi connectivity index (χ1) is 5.09. The van der Waals surface area contributed by atoms with Gasteiger partial charge in [-0.05, 0) is 0 Å². The van der Waals surface area contributed by atoms with Crippen LogP contribution in [-0.4, -0.2) is 36.9 Å². The maximum Gasteiger partial charge on any atom is 0.226 e. The molecule has 0 aliphatic rings. The molecule has 0 aromatic carbocycles. The number of carbonyl (C=O) groups excluding carboxylic acids is 2. The van der Waals surface area contributed by atoms with Gasteiger partial charge in [-0.25, -0.2) is 5.32 Å². The van der Waals surface area contributed by atoms with E-state index in [0.29, 0.717) is 13.1 Å². The molecule has 0 atom stereocenters. The van der Waals surface area contributed by atoms with Crippen LogP contribution in [0.3, 0.4) is 0 Å². The maximum absolute atomic E-state index is 10.8. The number of rotatable bonds is 3. The van der Waals surface area contributed by atoms with Crippen LogP contribution in [0.5, 0.6) is 0 Å². The van der Waals surface area contributed by atoms with Gasteiger partial charge in [-0.1, -0.05) is 0 Å². The van der Waals surface area contributed by atoms with Gasteiger partial charge in [0.15, 0.2) is 0 Å². The second kappa shape index (κ2) is 4.85. The molecule has 4 nitrogen and oxygen atoms in total. The summed E-state index contributed by atoms with van der Waals surface area (Å²) in [5.74, 6) is -0.442. The largest absolute Gasteiger partial charge is 0.282 e. The summed E-state index contributed by atoms with van der Waals surface area (Å²) in [5, 5.41) is 3.79. The average Bonchev–Trinajstić information content (AvgIpc) is 1.87. The zero-order chi connectivity index (χ0) is 8.85. The summed E-state index contributed by atoms with van der Waals surface area (Å²) in [5.41, 5.74) is 0. The molecule has 0 bridgehead atoms. The second-order valence-corrected chi connectivity index (χ2v) is 2.23. The Kier molecular flexibility index (Phi) is 4.45. The van der Waals surface area contributed by atoms with Crippen LogP contribution < -0.4 is 5.32 Å². The van der Waals surface area contributed by atoms with Gasteiger partial charge >= 0.3 is 0 Å². The van der Waals surface area contributed by atoms with Gasteiger partial charge in [0.2, 0.25) is 11.8 Å². The Morgan fingerprint density at radius 2 is 1.73 bits per heavy atom. The smallest absolute Gasteiger partial charge is 0.226 e. The maximum atomic E-state index is 10.8. The van der Waals surface area contributed by atoms with Crippen molar-refractivity contribution in [2.45, 2.75) is 13.8 Å². The van der Waals surface area contributed by atoms with E-state index in [1.165, 1.54) is 18.7 Å². The minimum absolute atomic E-state index is 0.221. The molecule has 0 fully saturated rings. The molecule has 0 N–H and O–H groups in total. The Morgan fingerprint density at radius 3 is 2.00 bits per heavy atom. The third-order valence-electron chi connectivity index (χ3n) is 1.31. The highest BCUT2D eigenvalue weighted by Gasteiger charge is 2.11. The lowest BCUT2D eigenvalue weighted by Gasteiger charge is -2.15. The monoisotopic (exact) mass is 157 g/mol. The summed E-state index contributed by atoms with van der Waals surface area (Å²) in [4.78, 5) is 22.7. The summed E-state index contributed by atoms with van der Waals surface area (Å²) in [6, 6.07) is 0. The van der Waals surface area contributed by atoms with Crippen LogP contribution in [0.15, 0.2) is 0 Å². The van der Waals surface area contributed by atoms with Crippen molar-refractivity contribution in [1.82, 2.24) is 10.2 Å². The zero-order valence-electron chi connectivity index (χ0n) is 7.13. The third kappa shape index (κ3) is 3.72. The summed E-state index contributed by atoms with van der Waals surface area (Å²) in [6.45, 7) is 3.65. The predicted octanol–water partition coefficient (Wildman–Crippen LogP) is -0.384. The normalized spacial score (nSPS) is 9.36. The van der Waals surface area contributed by atoms with Crippen LogP contribution in [0.2, 0.25) is 0 Å². The van der Waals surface area contributed by atoms with Gasteiger partial charge in [-0.15, -0.1) is 0 Å². The first-order valence-corrected chi connectivity index (χ1v) is 3.44. The van der Waals surface area contributed by atoms with Crippen molar-refractivity contribution in [3.05, 3.63) is 0 Å². The third-order valence-corrected chi connectivity index (χ3v) is 1.31. The molecule has 0 aromatic heterocycles. The number of hydrogen-bond donors (Lipinski definition) is 0. The van der Waals surface area contributed by atoms with Gasteiger partial charge in [-0.3, -0.25) is 14.5 Å². The molecule has 0 rings (SSSR count). The molecule has 11 heavy (non-hydrogen) atoms. The molecule has 0 aromatic rings. The van der Waals surface area contributed by atoms with E-state index in [0.717, 1.165) is 0 Å². The number of imide groups is 1. The van der Waals surface area contributed by atoms with Crippen molar-refractivity contribution in [3.63, 3.8) is 0 Å². The Balaban J connectivity index is 3.90. The van der Waals surface area contributed by atoms with Crippen molar-refractivity contribution in [3.8, 4) is 0 Å². The van der Waals surface area contributed by atoms with E-state index in [2.05, 4.69) is 5.32 Å². The lowest BCUT2D eigenvalue weighted by molar-refractivity contribution is -0.141. The number of likely N-dealkylation sites (N-methyl/N-ethyl adjacent to an activating group) is 1. The number of amides is 2. The van der Waals surface area contributed by atoms with Crippen LogP contribution >= 0.6 is 0 Å². The summed E-state index contributed by atoms with van der Waals surface area (Å²) in [7, 11) is 1.65. The molecular weight excluding hydrogens is 144 g/mol. The molecule has 0 aliphatic heterocycles. The average molecular weight is 157 g/mol. The first-order valence-electron chi connectivity index (χ1n) is 3.44. The predicted molar refractivity (Wildman–Crippen MR) is 41.0 cm³/mol. The Bertz CT molecular complexity index is 143. The van der Waals surface area contributed by atoms with E-state index in [1.807, 2.05) is 0 Å². The topological polar surface area (TPSA) is 51.5 Å². The highest BCUT2D eigenvalue weighted by atomic mass is 16.2. The van der Waals surface area contributed by atoms with Gasteiger partial charge in [0, 0.05) is 34.0 Å². The van der Waals surface area contributed by atoms with Gasteiger partial charge in [0.25, 0.3) is 0 Å². The number of carbonyl (C=O) groups is 2. The summed E-state index contributed by atoms with van der Waals surface area (Å²) in [6.07, 6.45) is 0. The Labute approximate surface area is 66.6 Å². The lowest BCUT2D eigenvalue weighted by atomic mass is 10.4. The number of nitrogens with zero attached hydrogens (tertiary/aromatic N) is 2. The lowest BCUT2D eigenvalue weighted by Crippen LogP contribution is -2.36. The SMILES string of the molecule is C[N]CCN(C(C)=O)C(C)=O. The fourth-order valence-electron chi connectivity index (χ4n) is 0.737. The molecule has 63 valence electrons. The van der Waals surface area contributed by atoms with Crippen LogP contribution in [0.4, 0.5) is 0 Å². The number of hydrogen-bond acceptors (Lipinski definition) is 2. The van der Waals surface area contributed by atoms with Crippen LogP contribution in [0, 0.1) is 0 Å². The molecule has 0 heterocycles. The molecule has 0 spiro atoms. The van der Waals surface area contributed by atoms with Crippen molar-refractivity contribution >= 4 is 11.8 Å². The minimum Gasteiger partial charge on any atom is -0.282 e. The second-order valence-electron chi connectivity index (χ2n) is 2.23. The van der Waals surface area contributed by atoms with Crippen molar-refractivity contribution in [1.29, 1.82) is 0 Å². The highest BCUT2D eigenvalue weighted by Crippen LogP contribution is 1.88. The fraction of sp³-hybridized carbons (Fsp3) is 0.714. The van der Waals surface area contributed by atoms with Crippen molar-refractivity contribution in [2.75, 3.05) is 20.1 Å². The molecule has 4 heteroatoms. The Hall–Kier alpha value is -0.900. The summed E-state index contributed by atoms with van der Waals surface area (Å²) >= 11 is 0. The van der Waals surface area contributed by atoms with E-state index in [4.69, 9.17) is 0 Å². The van der Waals surface area contributed by atoms with Crippen molar-refractivity contribution < 1.29 is 9.59 Å². The van der Waals surface area contributed by atoms with Gasteiger partial charge in [-0.2, -0.15) is 0 Å². The van der Waals surface area contributed by atoms with Gasteiger partial charge in [0.05, 0.1) is 0 Å². The first kappa shape index (κ1) is 10.1. The highest BCUT2D eigenvalue weighted by molar-refractivity contribution is 5.92. The van der Waals surface area contributed by atoms with E-state index < -0.39 is 0 Å². The molecule has 0 saturated carbocycles. The molecule has 1 radical (unpaired) electrons. The van der Waals surface area contributed by atoms with E-state index in [9.17, 15) is 9.59 Å². The van der Waals surface area contributed by atoms with Crippen LogP contribution in [-0.2, 0) is 9.59 Å². The molecule has 0 saturated heterocycles. The molecule has 0 unspecified atom stereocenters. The van der Waals surface area contributed by atoms with Gasteiger partial charge < -0.3 is 0 Å². The van der Waals surface area contributed by atoms with Crippen LogP contribution in [0.1, 0.15) is 13.8 Å². The molecule has 0 aliphatic carbocycles. The standard InChI is InChI=1S/C7H13N2O2/c1-6(10)9(7(2)11)5-4-8-3/h4-5H2,1-3H3. The molecule has 2 amide bonds. The fourth-order valence-corrected chi connectivity index (χ4v) is 0.737. The zero-order valence-corrected chi connectivity index (χ0v) is 7.13. The molecular formula is C7H13N2O2. The van der Waals surface area contributed by atoms with E-state index >= 15 is 0 Å². The van der Waals surface area contributed by atoms with Crippen LogP contribution in [0.25, 0.3) is 0 Å². The van der Waals surface area contributed by atoms with Crippen molar-refractivity contribution in [2.24, 2.45) is 0 Å². The van der Waals surface area contributed by atoms with Gasteiger partial charge in [0.1, 0.15) is 0 Å². The quantitative estimate of drug-likeness (QED) is 0.560. The Morgan fingerprint density at radius 1 is 1.27 bits per heavy atom. The van der Waals surface area contributed by atoms with E-state index in [1.54, 1.807) is 7.05 Å². The minimum atomic E-state index is -0.221. The van der Waals surface area contributed by atoms with E-state index in [-0.39, 0.29) is 11.8 Å².